The fourth-order valence-electron chi connectivity index (χ4n) is 4.63. The van der Waals surface area contributed by atoms with Crippen molar-refractivity contribution in [1.82, 2.24) is 14.9 Å². The molecule has 3 heterocycles. The molecule has 2 aliphatic heterocycles. The van der Waals surface area contributed by atoms with Crippen molar-refractivity contribution < 1.29 is 9.13 Å². The van der Waals surface area contributed by atoms with Crippen LogP contribution < -0.4 is 11.1 Å². The van der Waals surface area contributed by atoms with Crippen LogP contribution in [0.4, 0.5) is 21.6 Å². The van der Waals surface area contributed by atoms with Gasteiger partial charge in [0.05, 0.1) is 35.0 Å². The lowest BCUT2D eigenvalue weighted by Crippen LogP contribution is -2.57. The Balaban J connectivity index is 1.47. The van der Waals surface area contributed by atoms with Crippen molar-refractivity contribution in [1.29, 1.82) is 0 Å². The maximum atomic E-state index is 14.3. The van der Waals surface area contributed by atoms with Gasteiger partial charge in [-0.2, -0.15) is 0 Å². The number of likely N-dealkylation sites (N-methyl/N-ethyl adjacent to an activating group) is 1. The van der Waals surface area contributed by atoms with Gasteiger partial charge in [-0.3, -0.25) is 4.90 Å². The maximum absolute atomic E-state index is 14.3. The number of nitrogen functional groups attached to an aromatic ring is 1. The molecule has 5 rings (SSSR count). The van der Waals surface area contributed by atoms with Gasteiger partial charge in [0.2, 0.25) is 0 Å². The molecule has 2 aromatic carbocycles. The molecule has 1 atom stereocenters. The van der Waals surface area contributed by atoms with E-state index < -0.39 is 5.82 Å². The molecule has 6 nitrogen and oxygen atoms in total. The van der Waals surface area contributed by atoms with E-state index >= 15 is 0 Å². The second-order valence-electron chi connectivity index (χ2n) is 8.97. The van der Waals surface area contributed by atoms with Crippen LogP contribution in [0.1, 0.15) is 18.9 Å². The molecule has 2 aliphatic rings. The number of rotatable bonds is 2. The number of hydrogen-bond acceptors (Lipinski definition) is 6. The van der Waals surface area contributed by atoms with Crippen LogP contribution in [0.15, 0.2) is 36.7 Å². The summed E-state index contributed by atoms with van der Waals surface area (Å²) in [6.07, 6.45) is 2.40. The van der Waals surface area contributed by atoms with Gasteiger partial charge in [0.25, 0.3) is 0 Å². The number of ether oxygens (including phenoxy) is 1. The van der Waals surface area contributed by atoms with Crippen LogP contribution in [-0.2, 0) is 4.74 Å². The van der Waals surface area contributed by atoms with Crippen molar-refractivity contribution in [2.45, 2.75) is 18.9 Å². The first-order chi connectivity index (χ1) is 15.3. The number of likely N-dealkylation sites (tertiary alicyclic amines) is 1. The molecule has 1 spiro atoms. The van der Waals surface area contributed by atoms with E-state index in [1.54, 1.807) is 18.2 Å². The van der Waals surface area contributed by atoms with Crippen molar-refractivity contribution in [2.24, 2.45) is 5.41 Å². The second-order valence-corrected chi connectivity index (χ2v) is 9.37. The second kappa shape index (κ2) is 7.59. The van der Waals surface area contributed by atoms with Gasteiger partial charge >= 0.3 is 0 Å². The van der Waals surface area contributed by atoms with Crippen molar-refractivity contribution in [3.63, 3.8) is 0 Å². The molecule has 0 aliphatic carbocycles. The monoisotopic (exact) mass is 451 g/mol. The summed E-state index contributed by atoms with van der Waals surface area (Å²) in [4.78, 5) is 11.0. The van der Waals surface area contributed by atoms with E-state index in [4.69, 9.17) is 22.1 Å². The van der Waals surface area contributed by atoms with Gasteiger partial charge in [-0.1, -0.05) is 29.5 Å². The average molecular weight is 452 g/mol. The lowest BCUT2D eigenvalue weighted by Gasteiger charge is -2.43. The Hall–Kier alpha value is -2.92. The zero-order chi connectivity index (χ0) is 22.5. The van der Waals surface area contributed by atoms with E-state index in [1.165, 1.54) is 12.4 Å². The van der Waals surface area contributed by atoms with Crippen LogP contribution in [0.5, 0.6) is 0 Å². The van der Waals surface area contributed by atoms with Gasteiger partial charge in [0, 0.05) is 28.6 Å². The summed E-state index contributed by atoms with van der Waals surface area (Å²) in [7, 11) is 2.13. The summed E-state index contributed by atoms with van der Waals surface area (Å²) >= 11 is 5.89. The molecule has 0 amide bonds. The molecule has 8 heteroatoms. The summed E-state index contributed by atoms with van der Waals surface area (Å²) in [5.74, 6) is 6.63. The Morgan fingerprint density at radius 3 is 2.81 bits per heavy atom. The smallest absolute Gasteiger partial charge is 0.165 e. The number of nitrogens with zero attached hydrogens (tertiary/aromatic N) is 3. The highest BCUT2D eigenvalue weighted by Crippen LogP contribution is 2.44. The molecule has 164 valence electrons. The lowest BCUT2D eigenvalue weighted by molar-refractivity contribution is -0.115. The van der Waals surface area contributed by atoms with Crippen molar-refractivity contribution in [3.05, 3.63) is 53.1 Å². The standard InChI is InChI=1S/C24H23ClFN5O/c1-23(10-24(12-32-13-24)31(2)11-23)7-6-15-8-20-16(9-18(15)27)22(29-14-28-20)30-19-5-3-4-17(25)21(19)26/h3-5,8-9,14H,10-13,27H2,1-2H3,(H,28,29,30). The highest BCUT2D eigenvalue weighted by molar-refractivity contribution is 6.31. The predicted molar refractivity (Wildman–Crippen MR) is 124 cm³/mol. The minimum atomic E-state index is -0.541. The lowest BCUT2D eigenvalue weighted by atomic mass is 9.81. The molecule has 0 bridgehead atoms. The topological polar surface area (TPSA) is 76.3 Å². The number of aromatic nitrogens is 2. The molecule has 3 aromatic rings. The highest BCUT2D eigenvalue weighted by atomic mass is 35.5. The first-order valence-electron chi connectivity index (χ1n) is 10.4. The minimum Gasteiger partial charge on any atom is -0.398 e. The predicted octanol–water partition coefficient (Wildman–Crippen LogP) is 4.21. The molecule has 1 unspecified atom stereocenters. The van der Waals surface area contributed by atoms with Crippen LogP contribution in [0.25, 0.3) is 10.9 Å². The summed E-state index contributed by atoms with van der Waals surface area (Å²) in [6.45, 7) is 4.60. The number of anilines is 3. The summed E-state index contributed by atoms with van der Waals surface area (Å²) in [6, 6.07) is 8.38. The molecule has 2 fully saturated rings. The van der Waals surface area contributed by atoms with Crippen LogP contribution in [0.3, 0.4) is 0 Å². The number of halogens is 2. The van der Waals surface area contributed by atoms with E-state index in [9.17, 15) is 4.39 Å². The van der Waals surface area contributed by atoms with E-state index in [1.807, 2.05) is 6.07 Å². The quantitative estimate of drug-likeness (QED) is 0.449. The average Bonchev–Trinajstić information content (AvgIpc) is 3.02. The first kappa shape index (κ1) is 21.0. The molecular weight excluding hydrogens is 429 g/mol. The van der Waals surface area contributed by atoms with E-state index in [0.29, 0.717) is 28.0 Å². The minimum absolute atomic E-state index is 0.0340. The molecule has 0 saturated carbocycles. The Bertz CT molecular complexity index is 1280. The largest absolute Gasteiger partial charge is 0.398 e. The van der Waals surface area contributed by atoms with E-state index in [2.05, 4.69) is 46.0 Å². The third-order valence-electron chi connectivity index (χ3n) is 6.37. The van der Waals surface area contributed by atoms with Gasteiger partial charge in [-0.25, -0.2) is 14.4 Å². The fourth-order valence-corrected chi connectivity index (χ4v) is 4.80. The SMILES string of the molecule is CN1CC(C)(C#Cc2cc3ncnc(Nc4cccc(Cl)c4F)c3cc2N)CC12COC2. The van der Waals surface area contributed by atoms with Crippen molar-refractivity contribution >= 4 is 39.7 Å². The van der Waals surface area contributed by atoms with Crippen LogP contribution in [0, 0.1) is 23.1 Å². The number of hydrogen-bond donors (Lipinski definition) is 2. The van der Waals surface area contributed by atoms with Crippen LogP contribution in [-0.4, -0.2) is 47.2 Å². The summed E-state index contributed by atoms with van der Waals surface area (Å²) < 4.78 is 19.8. The molecule has 1 aromatic heterocycles. The Morgan fingerprint density at radius 2 is 2.09 bits per heavy atom. The third-order valence-corrected chi connectivity index (χ3v) is 6.66. The van der Waals surface area contributed by atoms with Gasteiger partial charge in [-0.15, -0.1) is 0 Å². The number of nitrogens with one attached hydrogen (secondary N) is 1. The third kappa shape index (κ3) is 3.55. The Kier molecular flexibility index (Phi) is 4.97. The first-order valence-corrected chi connectivity index (χ1v) is 10.7. The van der Waals surface area contributed by atoms with Crippen LogP contribution in [0.2, 0.25) is 5.02 Å². The molecule has 32 heavy (non-hydrogen) atoms. The molecule has 2 saturated heterocycles. The fraction of sp³-hybridized carbons (Fsp3) is 0.333. The van der Waals surface area contributed by atoms with Crippen molar-refractivity contribution in [2.75, 3.05) is 37.9 Å². The normalized spacial score (nSPS) is 21.9. The number of nitrogens with two attached hydrogens (primary N) is 1. The van der Waals surface area contributed by atoms with Gasteiger partial charge in [0.1, 0.15) is 12.1 Å². The van der Waals surface area contributed by atoms with Gasteiger partial charge < -0.3 is 15.8 Å². The molecule has 3 N–H and O–H groups in total. The zero-order valence-electron chi connectivity index (χ0n) is 17.9. The Labute approximate surface area is 190 Å². The number of benzene rings is 2. The summed E-state index contributed by atoms with van der Waals surface area (Å²) in [5, 5.41) is 3.70. The van der Waals surface area contributed by atoms with E-state index in [0.717, 1.165) is 26.2 Å². The van der Waals surface area contributed by atoms with Gasteiger partial charge in [-0.05, 0) is 44.7 Å². The maximum Gasteiger partial charge on any atom is 0.165 e. The highest BCUT2D eigenvalue weighted by Gasteiger charge is 2.53. The van der Waals surface area contributed by atoms with Crippen molar-refractivity contribution in [3.8, 4) is 11.8 Å². The van der Waals surface area contributed by atoms with Crippen LogP contribution >= 0.6 is 11.6 Å². The summed E-state index contributed by atoms with van der Waals surface area (Å²) in [5.41, 5.74) is 8.44. The molecule has 0 radical (unpaired) electrons. The van der Waals surface area contributed by atoms with Gasteiger partial charge in [0.15, 0.2) is 5.82 Å². The molecular formula is C24H23ClFN5O. The Morgan fingerprint density at radius 1 is 1.28 bits per heavy atom. The number of fused-ring (bicyclic) bond motifs is 1. The zero-order valence-corrected chi connectivity index (χ0v) is 18.6. The van der Waals surface area contributed by atoms with E-state index in [-0.39, 0.29) is 21.7 Å².